The monoisotopic (exact) mass is 248 g/mol. The smallest absolute Gasteiger partial charge is 0.0606 e. The molecule has 0 atom stereocenters. The molecule has 0 bridgehead atoms. The topological polar surface area (TPSA) is 49.5 Å². The Labute approximate surface area is 105 Å². The first kappa shape index (κ1) is 12.0. The summed E-state index contributed by atoms with van der Waals surface area (Å²) in [5.41, 5.74) is 7.51. The van der Waals surface area contributed by atoms with Crippen LogP contribution in [-0.2, 0) is 6.54 Å². The zero-order chi connectivity index (χ0) is 12.1. The molecule has 0 aliphatic rings. The second kappa shape index (κ2) is 5.70. The number of aliphatic hydroxyl groups excluding tert-OH is 1. The van der Waals surface area contributed by atoms with Crippen LogP contribution in [0, 0.1) is 0 Å². The van der Waals surface area contributed by atoms with Gasteiger partial charge in [0.1, 0.15) is 0 Å². The summed E-state index contributed by atoms with van der Waals surface area (Å²) < 4.78 is 0. The third-order valence-corrected chi connectivity index (χ3v) is 3.42. The van der Waals surface area contributed by atoms with Crippen LogP contribution in [-0.4, -0.2) is 18.3 Å². The number of nitrogen functional groups attached to an aromatic ring is 1. The first-order chi connectivity index (χ1) is 8.29. The molecule has 3 N–H and O–H groups in total. The lowest BCUT2D eigenvalue weighted by Gasteiger charge is -2.23. The van der Waals surface area contributed by atoms with Crippen LogP contribution in [0.4, 0.5) is 11.4 Å². The quantitative estimate of drug-likeness (QED) is 0.798. The lowest BCUT2D eigenvalue weighted by Crippen LogP contribution is -2.25. The molecule has 0 radical (unpaired) electrons. The summed E-state index contributed by atoms with van der Waals surface area (Å²) >= 11 is 1.73. The summed E-state index contributed by atoms with van der Waals surface area (Å²) in [6.07, 6.45) is 0. The van der Waals surface area contributed by atoms with Gasteiger partial charge in [0.05, 0.1) is 13.2 Å². The summed E-state index contributed by atoms with van der Waals surface area (Å²) in [7, 11) is 0. The molecule has 0 aliphatic heterocycles. The molecule has 0 saturated carbocycles. The van der Waals surface area contributed by atoms with Crippen molar-refractivity contribution < 1.29 is 5.11 Å². The van der Waals surface area contributed by atoms with Crippen LogP contribution in [0.25, 0.3) is 0 Å². The Balaban J connectivity index is 2.13. The number of thiophene rings is 1. The highest BCUT2D eigenvalue weighted by molar-refractivity contribution is 7.09. The molecule has 0 amide bonds. The van der Waals surface area contributed by atoms with Gasteiger partial charge in [-0.25, -0.2) is 0 Å². The third kappa shape index (κ3) is 3.22. The fraction of sp³-hybridized carbons (Fsp3) is 0.231. The maximum Gasteiger partial charge on any atom is 0.0606 e. The van der Waals surface area contributed by atoms with E-state index in [-0.39, 0.29) is 6.61 Å². The predicted octanol–water partition coefficient (Wildman–Crippen LogP) is 2.33. The van der Waals surface area contributed by atoms with Gasteiger partial charge in [0.15, 0.2) is 0 Å². The molecule has 0 unspecified atom stereocenters. The third-order valence-electron chi connectivity index (χ3n) is 2.55. The maximum atomic E-state index is 9.12. The largest absolute Gasteiger partial charge is 0.399 e. The SMILES string of the molecule is Nc1ccc(N(CCO)Cc2cccs2)cc1. The molecular formula is C13H16N2OS. The van der Waals surface area contributed by atoms with E-state index in [1.807, 2.05) is 30.3 Å². The number of anilines is 2. The van der Waals surface area contributed by atoms with Crippen LogP contribution >= 0.6 is 11.3 Å². The van der Waals surface area contributed by atoms with Crippen molar-refractivity contribution in [1.82, 2.24) is 0 Å². The lowest BCUT2D eigenvalue weighted by atomic mass is 10.2. The van der Waals surface area contributed by atoms with Crippen molar-refractivity contribution in [3.63, 3.8) is 0 Å². The van der Waals surface area contributed by atoms with Crippen LogP contribution in [0.3, 0.4) is 0 Å². The van der Waals surface area contributed by atoms with Crippen LogP contribution in [0.5, 0.6) is 0 Å². The number of rotatable bonds is 5. The number of nitrogens with zero attached hydrogens (tertiary/aromatic N) is 1. The van der Waals surface area contributed by atoms with E-state index in [2.05, 4.69) is 16.3 Å². The summed E-state index contributed by atoms with van der Waals surface area (Å²) in [5.74, 6) is 0. The molecular weight excluding hydrogens is 232 g/mol. The van der Waals surface area contributed by atoms with Crippen molar-refractivity contribution in [3.8, 4) is 0 Å². The molecule has 1 aromatic carbocycles. The van der Waals surface area contributed by atoms with Crippen LogP contribution in [0.15, 0.2) is 41.8 Å². The highest BCUT2D eigenvalue weighted by Crippen LogP contribution is 2.20. The first-order valence-electron chi connectivity index (χ1n) is 5.53. The van der Waals surface area contributed by atoms with Gasteiger partial charge in [-0.2, -0.15) is 0 Å². The Morgan fingerprint density at radius 2 is 1.94 bits per heavy atom. The van der Waals surface area contributed by atoms with Gasteiger partial charge in [0.2, 0.25) is 0 Å². The zero-order valence-corrected chi connectivity index (χ0v) is 10.4. The van der Waals surface area contributed by atoms with Crippen molar-refractivity contribution >= 4 is 22.7 Å². The molecule has 90 valence electrons. The van der Waals surface area contributed by atoms with Crippen LogP contribution in [0.1, 0.15) is 4.88 Å². The molecule has 0 spiro atoms. The van der Waals surface area contributed by atoms with E-state index in [0.29, 0.717) is 6.54 Å². The molecule has 3 nitrogen and oxygen atoms in total. The fourth-order valence-corrected chi connectivity index (χ4v) is 2.42. The Hall–Kier alpha value is -1.52. The summed E-state index contributed by atoms with van der Waals surface area (Å²) in [5, 5.41) is 11.2. The van der Waals surface area contributed by atoms with Crippen LogP contribution in [0.2, 0.25) is 0 Å². The maximum absolute atomic E-state index is 9.12. The number of hydrogen-bond acceptors (Lipinski definition) is 4. The second-order valence-electron chi connectivity index (χ2n) is 3.82. The lowest BCUT2D eigenvalue weighted by molar-refractivity contribution is 0.301. The van der Waals surface area contributed by atoms with E-state index in [1.165, 1.54) is 4.88 Å². The van der Waals surface area contributed by atoms with E-state index >= 15 is 0 Å². The van der Waals surface area contributed by atoms with E-state index in [9.17, 15) is 0 Å². The van der Waals surface area contributed by atoms with Crippen molar-refractivity contribution in [2.75, 3.05) is 23.8 Å². The zero-order valence-electron chi connectivity index (χ0n) is 9.54. The van der Waals surface area contributed by atoms with Crippen molar-refractivity contribution in [2.45, 2.75) is 6.54 Å². The minimum Gasteiger partial charge on any atom is -0.399 e. The number of aliphatic hydroxyl groups is 1. The highest BCUT2D eigenvalue weighted by atomic mass is 32.1. The van der Waals surface area contributed by atoms with E-state index in [1.54, 1.807) is 11.3 Å². The Morgan fingerprint density at radius 3 is 2.53 bits per heavy atom. The average Bonchev–Trinajstić information content (AvgIpc) is 2.82. The number of hydrogen-bond donors (Lipinski definition) is 2. The van der Waals surface area contributed by atoms with Crippen LogP contribution < -0.4 is 10.6 Å². The van der Waals surface area contributed by atoms with E-state index in [4.69, 9.17) is 10.8 Å². The summed E-state index contributed by atoms with van der Waals surface area (Å²) in [4.78, 5) is 3.43. The molecule has 4 heteroatoms. The Kier molecular flexibility index (Phi) is 4.01. The van der Waals surface area contributed by atoms with Crippen molar-refractivity contribution in [3.05, 3.63) is 46.7 Å². The van der Waals surface area contributed by atoms with Crippen molar-refractivity contribution in [2.24, 2.45) is 0 Å². The predicted molar refractivity (Wildman–Crippen MR) is 73.3 cm³/mol. The number of nitrogens with two attached hydrogens (primary N) is 1. The molecule has 0 aliphatic carbocycles. The molecule has 1 heterocycles. The second-order valence-corrected chi connectivity index (χ2v) is 4.85. The summed E-state index contributed by atoms with van der Waals surface area (Å²) in [6, 6.07) is 11.9. The van der Waals surface area contributed by atoms with Gasteiger partial charge in [-0.05, 0) is 35.7 Å². The van der Waals surface area contributed by atoms with Gasteiger partial charge in [-0.15, -0.1) is 11.3 Å². The summed E-state index contributed by atoms with van der Waals surface area (Å²) in [6.45, 7) is 1.60. The molecule has 0 saturated heterocycles. The molecule has 17 heavy (non-hydrogen) atoms. The van der Waals surface area contributed by atoms with Gasteiger partial charge in [-0.3, -0.25) is 0 Å². The van der Waals surface area contributed by atoms with E-state index in [0.717, 1.165) is 17.9 Å². The average molecular weight is 248 g/mol. The van der Waals surface area contributed by atoms with Gasteiger partial charge >= 0.3 is 0 Å². The normalized spacial score (nSPS) is 10.4. The van der Waals surface area contributed by atoms with Gasteiger partial charge < -0.3 is 15.7 Å². The molecule has 1 aromatic heterocycles. The van der Waals surface area contributed by atoms with Gasteiger partial charge in [-0.1, -0.05) is 6.07 Å². The minimum atomic E-state index is 0.149. The molecule has 2 rings (SSSR count). The Morgan fingerprint density at radius 1 is 1.18 bits per heavy atom. The van der Waals surface area contributed by atoms with Gasteiger partial charge in [0, 0.05) is 22.8 Å². The molecule has 0 fully saturated rings. The standard InChI is InChI=1S/C13H16N2OS/c14-11-3-5-12(6-4-11)15(7-8-16)10-13-2-1-9-17-13/h1-6,9,16H,7-8,10,14H2. The fourth-order valence-electron chi connectivity index (χ4n) is 1.70. The highest BCUT2D eigenvalue weighted by Gasteiger charge is 2.07. The Bertz CT molecular complexity index is 439. The van der Waals surface area contributed by atoms with E-state index < -0.39 is 0 Å². The first-order valence-corrected chi connectivity index (χ1v) is 6.41. The minimum absolute atomic E-state index is 0.149. The van der Waals surface area contributed by atoms with Crippen molar-refractivity contribution in [1.29, 1.82) is 0 Å². The molecule has 2 aromatic rings. The van der Waals surface area contributed by atoms with Gasteiger partial charge in [0.25, 0.3) is 0 Å². The number of benzene rings is 1.